The highest BCUT2D eigenvalue weighted by Crippen LogP contribution is 2.20. The molecule has 3 N–H and O–H groups in total. The number of aromatic nitrogens is 1. The summed E-state index contributed by atoms with van der Waals surface area (Å²) in [5.74, 6) is -1.19. The van der Waals surface area contributed by atoms with E-state index in [2.05, 4.69) is 5.32 Å². The van der Waals surface area contributed by atoms with E-state index >= 15 is 0 Å². The summed E-state index contributed by atoms with van der Waals surface area (Å²) in [5, 5.41) is 2.70. The molecular formula is C18H29N5O5S. The zero-order valence-electron chi connectivity index (χ0n) is 17.4. The van der Waals surface area contributed by atoms with Crippen molar-refractivity contribution in [3.05, 3.63) is 18.0 Å². The Labute approximate surface area is 171 Å². The van der Waals surface area contributed by atoms with Gasteiger partial charge in [0.15, 0.2) is 0 Å². The Morgan fingerprint density at radius 2 is 1.69 bits per heavy atom. The van der Waals surface area contributed by atoms with E-state index in [1.54, 1.807) is 39.6 Å². The van der Waals surface area contributed by atoms with Crippen molar-refractivity contribution >= 4 is 27.7 Å². The normalized spacial score (nSPS) is 17.1. The molecule has 0 aliphatic carbocycles. The number of nitrogens with zero attached hydrogens (tertiary/aromatic N) is 3. The van der Waals surface area contributed by atoms with Crippen LogP contribution in [0.25, 0.3) is 0 Å². The zero-order valence-corrected chi connectivity index (χ0v) is 18.2. The molecule has 1 unspecified atom stereocenters. The molecule has 1 saturated heterocycles. The molecule has 29 heavy (non-hydrogen) atoms. The molecule has 0 radical (unpaired) electrons. The molecule has 1 fully saturated rings. The summed E-state index contributed by atoms with van der Waals surface area (Å²) in [5.41, 5.74) is 4.74. The predicted molar refractivity (Wildman–Crippen MR) is 106 cm³/mol. The van der Waals surface area contributed by atoms with Gasteiger partial charge in [-0.25, -0.2) is 8.42 Å². The predicted octanol–water partition coefficient (Wildman–Crippen LogP) is -0.492. The highest BCUT2D eigenvalue weighted by molar-refractivity contribution is 7.89. The molecule has 162 valence electrons. The van der Waals surface area contributed by atoms with Gasteiger partial charge in [0.25, 0.3) is 5.91 Å². The zero-order chi connectivity index (χ0) is 22.1. The number of carbonyl (C=O) groups excluding carboxylic acids is 3. The molecular weight excluding hydrogens is 398 g/mol. The Hall–Kier alpha value is -2.40. The number of nitrogens with two attached hydrogens (primary N) is 1. The Kier molecular flexibility index (Phi) is 6.43. The fraction of sp³-hybridized carbons (Fsp3) is 0.611. The first kappa shape index (κ1) is 22.9. The molecule has 2 rings (SSSR count). The van der Waals surface area contributed by atoms with Crippen LogP contribution < -0.4 is 11.1 Å². The maximum absolute atomic E-state index is 12.8. The van der Waals surface area contributed by atoms with Crippen LogP contribution in [0.2, 0.25) is 0 Å². The van der Waals surface area contributed by atoms with Crippen molar-refractivity contribution < 1.29 is 22.8 Å². The minimum Gasteiger partial charge on any atom is -0.364 e. The van der Waals surface area contributed by atoms with E-state index < -0.39 is 27.4 Å². The van der Waals surface area contributed by atoms with Gasteiger partial charge in [0.2, 0.25) is 21.8 Å². The van der Waals surface area contributed by atoms with Crippen LogP contribution >= 0.6 is 0 Å². The summed E-state index contributed by atoms with van der Waals surface area (Å²) in [6, 6.07) is 0.552. The summed E-state index contributed by atoms with van der Waals surface area (Å²) >= 11 is 0. The van der Waals surface area contributed by atoms with Gasteiger partial charge >= 0.3 is 0 Å². The molecule has 1 aliphatic heterocycles. The minimum atomic E-state index is -3.81. The smallest absolute Gasteiger partial charge is 0.265 e. The number of sulfonamides is 1. The quantitative estimate of drug-likeness (QED) is 0.654. The summed E-state index contributed by atoms with van der Waals surface area (Å²) in [6.07, 6.45) is 1.34. The van der Waals surface area contributed by atoms with E-state index in [9.17, 15) is 22.8 Å². The number of carbonyl (C=O) groups is 3. The maximum Gasteiger partial charge on any atom is 0.265 e. The highest BCUT2D eigenvalue weighted by Gasteiger charge is 2.33. The molecule has 2 heterocycles. The molecule has 1 aromatic rings. The maximum atomic E-state index is 12.8. The number of aryl methyl sites for hydroxylation is 1. The molecule has 1 aliphatic rings. The summed E-state index contributed by atoms with van der Waals surface area (Å²) in [4.78, 5) is 37.6. The van der Waals surface area contributed by atoms with Gasteiger partial charge in [0, 0.05) is 44.8 Å². The number of nitrogens with one attached hydrogen (secondary N) is 1. The van der Waals surface area contributed by atoms with Crippen LogP contribution in [0.5, 0.6) is 0 Å². The Morgan fingerprint density at radius 3 is 2.14 bits per heavy atom. The lowest BCUT2D eigenvalue weighted by Crippen LogP contribution is -2.55. The van der Waals surface area contributed by atoms with E-state index in [1.807, 2.05) is 0 Å². The van der Waals surface area contributed by atoms with Crippen molar-refractivity contribution in [3.8, 4) is 0 Å². The van der Waals surface area contributed by atoms with Crippen LogP contribution in [0, 0.1) is 5.41 Å². The number of amides is 3. The second-order valence-electron chi connectivity index (χ2n) is 8.21. The van der Waals surface area contributed by atoms with E-state index in [0.29, 0.717) is 0 Å². The average Bonchev–Trinajstić information content (AvgIpc) is 3.03. The van der Waals surface area contributed by atoms with Crippen LogP contribution in [0.1, 0.15) is 38.2 Å². The summed E-state index contributed by atoms with van der Waals surface area (Å²) in [6.45, 7) is 7.56. The fourth-order valence-electron chi connectivity index (χ4n) is 2.97. The second kappa shape index (κ2) is 8.15. The fourth-order valence-corrected chi connectivity index (χ4v) is 4.46. The first-order valence-electron chi connectivity index (χ1n) is 9.31. The first-order chi connectivity index (χ1) is 13.2. The Morgan fingerprint density at radius 1 is 1.14 bits per heavy atom. The lowest BCUT2D eigenvalue weighted by molar-refractivity contribution is -0.139. The van der Waals surface area contributed by atoms with Gasteiger partial charge in [0.05, 0.1) is 0 Å². The minimum absolute atomic E-state index is 0.0145. The topological polar surface area (TPSA) is 135 Å². The van der Waals surface area contributed by atoms with Crippen LogP contribution in [-0.4, -0.2) is 72.1 Å². The largest absolute Gasteiger partial charge is 0.364 e. The standard InChI is InChI=1S/C18H29N5O5S/c1-12(20-17(26)18(2,3)4)16(25)22-6-8-23(9-7-22)29(27,28)13-10-14(15(19)24)21(5)11-13/h10-12H,6-9H2,1-5H3,(H2,19,24)(H,20,26). The number of rotatable bonds is 5. The highest BCUT2D eigenvalue weighted by atomic mass is 32.2. The first-order valence-corrected chi connectivity index (χ1v) is 10.7. The SMILES string of the molecule is CC(NC(=O)C(C)(C)C)C(=O)N1CCN(S(=O)(=O)c2cc(C(N)=O)n(C)c2)CC1. The molecule has 10 nitrogen and oxygen atoms in total. The van der Waals surface area contributed by atoms with Crippen molar-refractivity contribution in [1.29, 1.82) is 0 Å². The van der Waals surface area contributed by atoms with E-state index in [4.69, 9.17) is 5.73 Å². The number of primary amides is 1. The van der Waals surface area contributed by atoms with Crippen molar-refractivity contribution in [2.24, 2.45) is 18.2 Å². The molecule has 0 aromatic carbocycles. The van der Waals surface area contributed by atoms with Crippen molar-refractivity contribution in [1.82, 2.24) is 19.1 Å². The van der Waals surface area contributed by atoms with E-state index in [-0.39, 0.29) is 48.6 Å². The monoisotopic (exact) mass is 427 g/mol. The molecule has 11 heteroatoms. The second-order valence-corrected chi connectivity index (χ2v) is 10.1. The number of piperazine rings is 1. The third-order valence-electron chi connectivity index (χ3n) is 4.82. The van der Waals surface area contributed by atoms with Gasteiger partial charge in [0.1, 0.15) is 16.6 Å². The lowest BCUT2D eigenvalue weighted by atomic mass is 9.95. The van der Waals surface area contributed by atoms with Gasteiger partial charge in [-0.2, -0.15) is 4.31 Å². The van der Waals surface area contributed by atoms with Gasteiger partial charge in [-0.05, 0) is 13.0 Å². The molecule has 1 aromatic heterocycles. The van der Waals surface area contributed by atoms with Crippen molar-refractivity contribution in [3.63, 3.8) is 0 Å². The third-order valence-corrected chi connectivity index (χ3v) is 6.68. The summed E-state index contributed by atoms with van der Waals surface area (Å²) < 4.78 is 28.3. The molecule has 3 amide bonds. The number of hydrogen-bond donors (Lipinski definition) is 2. The van der Waals surface area contributed by atoms with Crippen molar-refractivity contribution in [2.45, 2.75) is 38.6 Å². The van der Waals surface area contributed by atoms with Gasteiger partial charge in [-0.3, -0.25) is 14.4 Å². The van der Waals surface area contributed by atoms with E-state index in [1.165, 1.54) is 21.1 Å². The summed E-state index contributed by atoms with van der Waals surface area (Å²) in [7, 11) is -2.26. The Bertz CT molecular complexity index is 908. The van der Waals surface area contributed by atoms with E-state index in [0.717, 1.165) is 0 Å². The number of hydrogen-bond acceptors (Lipinski definition) is 5. The van der Waals surface area contributed by atoms with Crippen LogP contribution in [0.15, 0.2) is 17.2 Å². The molecule has 0 bridgehead atoms. The van der Waals surface area contributed by atoms with Gasteiger partial charge in [-0.15, -0.1) is 0 Å². The van der Waals surface area contributed by atoms with Crippen LogP contribution in [-0.2, 0) is 26.7 Å². The third kappa shape index (κ3) is 4.96. The molecule has 0 saturated carbocycles. The van der Waals surface area contributed by atoms with Gasteiger partial charge in [-0.1, -0.05) is 20.8 Å². The van der Waals surface area contributed by atoms with Crippen molar-refractivity contribution in [2.75, 3.05) is 26.2 Å². The average molecular weight is 428 g/mol. The lowest BCUT2D eigenvalue weighted by Gasteiger charge is -2.35. The van der Waals surface area contributed by atoms with Gasteiger partial charge < -0.3 is 20.5 Å². The molecule has 1 atom stereocenters. The van der Waals surface area contributed by atoms with Crippen LogP contribution in [0.4, 0.5) is 0 Å². The molecule has 0 spiro atoms. The van der Waals surface area contributed by atoms with Crippen LogP contribution in [0.3, 0.4) is 0 Å². The Balaban J connectivity index is 2.02.